The number of rotatable bonds is 14. The van der Waals surface area contributed by atoms with Crippen molar-refractivity contribution in [2.75, 3.05) is 12.3 Å². The van der Waals surface area contributed by atoms with E-state index in [9.17, 15) is 13.5 Å². The lowest BCUT2D eigenvalue weighted by atomic mass is 9.55. The summed E-state index contributed by atoms with van der Waals surface area (Å²) < 4.78 is 37.4. The van der Waals surface area contributed by atoms with Crippen molar-refractivity contribution in [2.24, 2.45) is 17.3 Å². The highest BCUT2D eigenvalue weighted by Crippen LogP contribution is 2.61. The first kappa shape index (κ1) is 39.3. The fraction of sp³-hybridized carbons (Fsp3) is 0.468. The van der Waals surface area contributed by atoms with Crippen LogP contribution in [-0.4, -0.2) is 46.6 Å². The first-order valence-corrected chi connectivity index (χ1v) is 22.5. The van der Waals surface area contributed by atoms with Crippen molar-refractivity contribution in [3.05, 3.63) is 95.7 Å². The second-order valence-corrected chi connectivity index (χ2v) is 19.7. The van der Waals surface area contributed by atoms with Crippen LogP contribution in [0.3, 0.4) is 0 Å². The molecule has 3 N–H and O–H groups in total. The van der Waals surface area contributed by atoms with Crippen LogP contribution < -0.4 is 5.73 Å². The Kier molecular flexibility index (Phi) is 11.3. The molecule has 8 rings (SSSR count). The predicted octanol–water partition coefficient (Wildman–Crippen LogP) is 10.4. The van der Waals surface area contributed by atoms with E-state index in [1.165, 1.54) is 68.1 Å². The predicted molar refractivity (Wildman–Crippen MR) is 224 cm³/mol. The van der Waals surface area contributed by atoms with Crippen molar-refractivity contribution < 1.29 is 22.8 Å². The Morgan fingerprint density at radius 2 is 1.63 bits per heavy atom. The van der Waals surface area contributed by atoms with Crippen LogP contribution in [0.25, 0.3) is 34.0 Å². The van der Waals surface area contributed by atoms with Gasteiger partial charge in [-0.15, -0.1) is 0 Å². The van der Waals surface area contributed by atoms with Gasteiger partial charge in [0.25, 0.3) is 0 Å². The minimum atomic E-state index is -3.37. The second kappa shape index (κ2) is 16.4. The molecule has 2 saturated carbocycles. The number of hydrogen-bond donors (Lipinski definition) is 2. The monoisotopic (exact) mass is 788 g/mol. The van der Waals surface area contributed by atoms with E-state index in [1.807, 2.05) is 18.2 Å². The molecule has 0 aliphatic heterocycles. The number of unbranched alkanes of at least 4 members (excludes halogenated alkanes) is 4. The number of anilines is 1. The van der Waals surface area contributed by atoms with E-state index >= 15 is 0 Å². The summed E-state index contributed by atoms with van der Waals surface area (Å²) >= 11 is 0. The average molecular weight is 789 g/mol. The zero-order valence-corrected chi connectivity index (χ0v) is 34.3. The number of aromatic hydroxyl groups is 1. The Morgan fingerprint density at radius 1 is 0.895 bits per heavy atom. The van der Waals surface area contributed by atoms with Gasteiger partial charge in [0.1, 0.15) is 11.4 Å². The van der Waals surface area contributed by atoms with Crippen LogP contribution in [0.15, 0.2) is 88.4 Å². The molecule has 0 radical (unpaired) electrons. The largest absolute Gasteiger partial charge is 0.508 e. The lowest BCUT2D eigenvalue weighted by Crippen LogP contribution is -2.44. The van der Waals surface area contributed by atoms with Gasteiger partial charge in [0.05, 0.1) is 28.1 Å². The van der Waals surface area contributed by atoms with E-state index in [0.29, 0.717) is 46.0 Å². The second-order valence-electron chi connectivity index (χ2n) is 17.2. The molecule has 0 saturated heterocycles. The van der Waals surface area contributed by atoms with Crippen LogP contribution in [0.1, 0.15) is 108 Å². The van der Waals surface area contributed by atoms with Gasteiger partial charge in [-0.25, -0.2) is 18.4 Å². The Bertz CT molecular complexity index is 2290. The maximum Gasteiger partial charge on any atom is 0.189 e. The number of benzene rings is 3. The van der Waals surface area contributed by atoms with Gasteiger partial charge >= 0.3 is 0 Å². The highest BCUT2D eigenvalue weighted by Gasteiger charge is 2.55. The van der Waals surface area contributed by atoms with Gasteiger partial charge in [0, 0.05) is 23.8 Å². The van der Waals surface area contributed by atoms with Crippen LogP contribution in [0.4, 0.5) is 5.82 Å². The normalized spacial score (nSPS) is 22.9. The molecule has 2 heterocycles. The first-order chi connectivity index (χ1) is 27.5. The summed E-state index contributed by atoms with van der Waals surface area (Å²) in [6.07, 6.45) is 16.3. The highest BCUT2D eigenvalue weighted by atomic mass is 32.2. The van der Waals surface area contributed by atoms with Crippen LogP contribution in [-0.2, 0) is 27.4 Å². The quantitative estimate of drug-likeness (QED) is 0.105. The Hall–Kier alpha value is -4.54. The maximum atomic E-state index is 12.5. The topological polar surface area (TPSA) is 141 Å². The van der Waals surface area contributed by atoms with Crippen LogP contribution in [0, 0.1) is 17.3 Å². The Balaban J connectivity index is 0.768. The van der Waals surface area contributed by atoms with Gasteiger partial charge < -0.3 is 20.1 Å². The van der Waals surface area contributed by atoms with E-state index in [4.69, 9.17) is 20.0 Å². The molecular weight excluding hydrogens is 733 g/mol. The molecule has 300 valence electrons. The number of phenolic OH excluding ortho intramolecular Hbond substituents is 1. The van der Waals surface area contributed by atoms with Crippen LogP contribution in [0.5, 0.6) is 5.75 Å². The molecule has 1 unspecified atom stereocenters. The highest BCUT2D eigenvalue weighted by molar-refractivity contribution is 7.92. The summed E-state index contributed by atoms with van der Waals surface area (Å²) in [4.78, 5) is 9.30. The number of fused-ring (bicyclic) bond motifs is 5. The van der Waals surface area contributed by atoms with Gasteiger partial charge in [-0.3, -0.25) is 0 Å². The van der Waals surface area contributed by atoms with Crippen LogP contribution in [0.2, 0.25) is 0 Å². The molecule has 2 fully saturated rings. The number of ether oxygens (including phenoxy) is 1. The van der Waals surface area contributed by atoms with Gasteiger partial charge in [-0.05, 0) is 136 Å². The fourth-order valence-electron chi connectivity index (χ4n) is 10.2. The van der Waals surface area contributed by atoms with E-state index in [0.717, 1.165) is 55.3 Å². The van der Waals surface area contributed by atoms with Gasteiger partial charge in [0.2, 0.25) is 0 Å². The molecule has 3 aliphatic rings. The molecule has 0 bridgehead atoms. The summed E-state index contributed by atoms with van der Waals surface area (Å²) in [5.41, 5.74) is 14.0. The third-order valence-corrected chi connectivity index (χ3v) is 15.6. The number of nitrogens with two attached hydrogens (primary N) is 1. The maximum absolute atomic E-state index is 12.5. The van der Waals surface area contributed by atoms with E-state index in [2.05, 4.69) is 47.4 Å². The third-order valence-electron chi connectivity index (χ3n) is 13.4. The molecule has 5 atom stereocenters. The van der Waals surface area contributed by atoms with E-state index < -0.39 is 15.1 Å². The number of aryl methyl sites for hydroxylation is 2. The van der Waals surface area contributed by atoms with Crippen molar-refractivity contribution in [1.82, 2.24) is 15.1 Å². The molecule has 57 heavy (non-hydrogen) atoms. The Morgan fingerprint density at radius 3 is 2.42 bits per heavy atom. The van der Waals surface area contributed by atoms with Crippen molar-refractivity contribution in [2.45, 2.75) is 120 Å². The molecule has 10 heteroatoms. The Labute approximate surface area is 337 Å². The lowest BCUT2D eigenvalue weighted by molar-refractivity contribution is -0.0647. The molecule has 0 amide bonds. The number of nitrogen functional groups attached to an aromatic ring is 1. The van der Waals surface area contributed by atoms with Crippen molar-refractivity contribution in [3.8, 4) is 39.7 Å². The fourth-order valence-corrected chi connectivity index (χ4v) is 11.2. The SMILES string of the molecule is CC(C)S(=O)(=O)c1ccc(-c2cnc(N)c(-c3cc(-c4ccc(CCCCCCCO[C@H]5CC[C@H]6[C@@H]7CCc8cc(O)ccc8C7CC[C@]56C)cc4)no3)n2)cc1. The molecule has 0 spiro atoms. The summed E-state index contributed by atoms with van der Waals surface area (Å²) in [6, 6.07) is 23.0. The van der Waals surface area contributed by atoms with Crippen LogP contribution >= 0.6 is 0 Å². The molecule has 3 aliphatic carbocycles. The van der Waals surface area contributed by atoms with E-state index in [-0.39, 0.29) is 10.7 Å². The molecular formula is C47H56N4O5S. The number of phenols is 1. The molecule has 5 aromatic rings. The van der Waals surface area contributed by atoms with E-state index in [1.54, 1.807) is 44.3 Å². The van der Waals surface area contributed by atoms with Gasteiger partial charge in [-0.1, -0.05) is 73.8 Å². The molecule has 2 aromatic heterocycles. The smallest absolute Gasteiger partial charge is 0.189 e. The van der Waals surface area contributed by atoms with Gasteiger partial charge in [-0.2, -0.15) is 0 Å². The first-order valence-electron chi connectivity index (χ1n) is 21.0. The lowest BCUT2D eigenvalue weighted by Gasteiger charge is -2.50. The minimum absolute atomic E-state index is 0.220. The van der Waals surface area contributed by atoms with Crippen molar-refractivity contribution >= 4 is 15.7 Å². The third kappa shape index (κ3) is 8.00. The average Bonchev–Trinajstić information content (AvgIpc) is 3.84. The summed E-state index contributed by atoms with van der Waals surface area (Å²) in [7, 11) is -3.37. The summed E-state index contributed by atoms with van der Waals surface area (Å²) in [5.74, 6) is 3.19. The van der Waals surface area contributed by atoms with Crippen molar-refractivity contribution in [1.29, 1.82) is 0 Å². The molecule has 9 nitrogen and oxygen atoms in total. The number of sulfone groups is 1. The number of nitrogens with zero attached hydrogens (tertiary/aromatic N) is 3. The zero-order valence-electron chi connectivity index (χ0n) is 33.5. The standard InChI is InChI=1S/C47H56N4O5S/c1-30(2)57(53,54)36-18-14-33(15-19-36)42-29-49-46(48)45(50-42)43-28-41(51-56-43)32-12-10-31(11-13-32)9-7-5-4-6-8-26-55-44-23-22-40-39-20-16-34-27-35(52)17-21-37(34)38(39)24-25-47(40,44)3/h10-15,17-19,21,27-30,38-40,44,52H,4-9,16,20,22-26H2,1-3H3,(H2,48,49)/t38?,39-,40+,44+,47+/m1/s1. The number of aromatic nitrogens is 3. The van der Waals surface area contributed by atoms with Crippen molar-refractivity contribution in [3.63, 3.8) is 0 Å². The number of hydrogen-bond acceptors (Lipinski definition) is 9. The summed E-state index contributed by atoms with van der Waals surface area (Å²) in [6.45, 7) is 6.73. The minimum Gasteiger partial charge on any atom is -0.508 e. The zero-order chi connectivity index (χ0) is 39.7. The van der Waals surface area contributed by atoms with Gasteiger partial charge in [0.15, 0.2) is 27.1 Å². The molecule has 3 aromatic carbocycles. The summed E-state index contributed by atoms with van der Waals surface area (Å²) in [5, 5.41) is 13.8.